The molecule has 0 bridgehead atoms. The molecule has 0 heterocycles. The largest absolute Gasteiger partial charge is 1.00 e. The van der Waals surface area contributed by atoms with Crippen molar-refractivity contribution in [2.45, 2.75) is 155 Å². The van der Waals surface area contributed by atoms with Crippen LogP contribution in [-0.2, 0) is 0 Å². The van der Waals surface area contributed by atoms with E-state index in [0.29, 0.717) is 0 Å². The molecule has 0 N–H and O–H groups in total. The zero-order valence-corrected chi connectivity index (χ0v) is 30.3. The van der Waals surface area contributed by atoms with Crippen LogP contribution in [0, 0.1) is 0 Å². The van der Waals surface area contributed by atoms with E-state index in [1.807, 2.05) is 0 Å². The summed E-state index contributed by atoms with van der Waals surface area (Å²) in [7, 11) is 19.4. The average Bonchev–Trinajstić information content (AvgIpc) is 2.83. The molecular weight excluding hydrogens is 541 g/mol. The van der Waals surface area contributed by atoms with E-state index in [2.05, 4.69) is 99.7 Å². The van der Waals surface area contributed by atoms with Crippen LogP contribution < -0.4 is 37.2 Å². The first kappa shape index (κ1) is 52.6. The van der Waals surface area contributed by atoms with Gasteiger partial charge >= 0.3 is 234 Å². The molecule has 3 nitrogen and oxygen atoms in total. The predicted molar refractivity (Wildman–Crippen MR) is 173 cm³/mol. The Balaban J connectivity index is -0.000000101. The zero-order valence-electron chi connectivity index (χ0n) is 28.1. The number of halogens is 3. The number of rotatable bonds is 24. The molecule has 0 rings (SSSR count). The molecule has 234 valence electrons. The molecule has 0 aromatic heterocycles. The summed E-state index contributed by atoms with van der Waals surface area (Å²) in [4.78, 5) is 6.43. The van der Waals surface area contributed by atoms with Gasteiger partial charge in [-0.1, -0.05) is 0 Å². The van der Waals surface area contributed by atoms with Gasteiger partial charge in [0, 0.05) is 0 Å². The number of hydrogen-bond acceptors (Lipinski definition) is 3. The molecule has 0 aromatic carbocycles. The van der Waals surface area contributed by atoms with Crippen molar-refractivity contribution in [3.05, 3.63) is 0 Å². The van der Waals surface area contributed by atoms with Gasteiger partial charge in [-0.3, -0.25) is 0 Å². The Labute approximate surface area is 270 Å². The molecule has 0 radical (unpaired) electrons. The second-order valence-electron chi connectivity index (χ2n) is 11.1. The van der Waals surface area contributed by atoms with Crippen LogP contribution in [0.3, 0.4) is 0 Å². The van der Waals surface area contributed by atoms with Crippen molar-refractivity contribution < 1.29 is 37.2 Å². The Kier molecular flexibility index (Phi) is 65.6. The van der Waals surface area contributed by atoms with Crippen molar-refractivity contribution in [2.24, 2.45) is 0 Å². The third-order valence-electron chi connectivity index (χ3n) is 6.16. The van der Waals surface area contributed by atoms with Gasteiger partial charge in [-0.05, 0) is 0 Å². The minimum absolute atomic E-state index is 0. The molecule has 0 unspecified atom stereocenters. The first-order valence-electron chi connectivity index (χ1n) is 15.8. The molecule has 0 aromatic rings. The van der Waals surface area contributed by atoms with Crippen molar-refractivity contribution in [1.82, 2.24) is 14.4 Å². The fourth-order valence-electron chi connectivity index (χ4n) is 3.82. The molecule has 0 aliphatic heterocycles. The maximum absolute atomic E-state index is 2.26. The molecule has 9 heteroatoms. The van der Waals surface area contributed by atoms with Gasteiger partial charge < -0.3 is 37.2 Å². The second-order valence-corrected chi connectivity index (χ2v) is 11.1. The average molecular weight is 611 g/mol. The van der Waals surface area contributed by atoms with E-state index >= 15 is 0 Å². The predicted octanol–water partition coefficient (Wildman–Crippen LogP) is -0.150. The van der Waals surface area contributed by atoms with Gasteiger partial charge in [-0.15, -0.1) is 0 Å². The van der Waals surface area contributed by atoms with Crippen LogP contribution in [0.15, 0.2) is 0 Å². The van der Waals surface area contributed by atoms with E-state index in [0.717, 1.165) is 0 Å². The third kappa shape index (κ3) is 68.1. The number of hydrogen-bond donors (Lipinski definition) is 0. The van der Waals surface area contributed by atoms with Crippen LogP contribution in [0.4, 0.5) is 0 Å². The van der Waals surface area contributed by atoms with Crippen LogP contribution >= 0.6 is 0 Å². The van der Waals surface area contributed by atoms with Gasteiger partial charge in [0.05, 0.1) is 0 Å². The number of nitrogens with zero attached hydrogens (tertiary/aromatic N) is 3. The molecule has 0 aliphatic carbocycles. The summed E-state index contributed by atoms with van der Waals surface area (Å²) in [6.07, 6.45) is 28.9. The molecule has 0 spiro atoms. The van der Waals surface area contributed by atoms with E-state index in [1.165, 1.54) is 135 Å². The van der Waals surface area contributed by atoms with Gasteiger partial charge in [-0.2, -0.15) is 0 Å². The third-order valence-corrected chi connectivity index (χ3v) is 6.16. The molecular formula is C30H69B3Cl3N3. The standard InChI is InChI=1S/3C10H23BN.3ClH/c3*1-4-5-6-7-8-9-10-11-12(2)3;;;/h3*4-10H2,1-3H3;3*1H/q3*+1;;;/p-3. The van der Waals surface area contributed by atoms with Crippen molar-refractivity contribution in [1.29, 1.82) is 0 Å². The molecule has 0 atom stereocenters. The molecule has 0 saturated heterocycles. The Morgan fingerprint density at radius 3 is 0.667 bits per heavy atom. The van der Waals surface area contributed by atoms with Crippen molar-refractivity contribution in [3.8, 4) is 0 Å². The van der Waals surface area contributed by atoms with Crippen LogP contribution in [-0.4, -0.2) is 79.0 Å². The van der Waals surface area contributed by atoms with Crippen molar-refractivity contribution >= 4 is 22.2 Å². The maximum atomic E-state index is 2.26. The fourth-order valence-corrected chi connectivity index (χ4v) is 3.82. The van der Waals surface area contributed by atoms with Crippen molar-refractivity contribution in [3.63, 3.8) is 0 Å². The first-order valence-corrected chi connectivity index (χ1v) is 15.8. The maximum Gasteiger partial charge on any atom is -1.00 e. The van der Waals surface area contributed by atoms with Crippen LogP contribution in [0.2, 0.25) is 19.0 Å². The SMILES string of the molecule is CCCCCCCC[B+]N(C)C.CCCCCCCC[B+]N(C)C.CCCCCCCC[B+]N(C)C.[Cl-].[Cl-].[Cl-]. The molecule has 0 amide bonds. The second kappa shape index (κ2) is 48.7. The minimum Gasteiger partial charge on any atom is -1.00 e. The minimum atomic E-state index is 0. The number of unbranched alkanes of at least 4 members (excludes halogenated alkanes) is 15. The summed E-state index contributed by atoms with van der Waals surface area (Å²) in [5, 5.41) is 0. The normalized spacial score (nSPS) is 9.54. The van der Waals surface area contributed by atoms with E-state index in [1.54, 1.807) is 0 Å². The summed E-state index contributed by atoms with van der Waals surface area (Å²) in [5.74, 6) is 0. The summed E-state index contributed by atoms with van der Waals surface area (Å²) >= 11 is 0. The summed E-state index contributed by atoms with van der Waals surface area (Å²) < 4.78 is 0. The Morgan fingerprint density at radius 1 is 0.308 bits per heavy atom. The van der Waals surface area contributed by atoms with E-state index in [9.17, 15) is 0 Å². The quantitative estimate of drug-likeness (QED) is 0.111. The topological polar surface area (TPSA) is 9.72 Å². The molecule has 39 heavy (non-hydrogen) atoms. The van der Waals surface area contributed by atoms with E-state index < -0.39 is 0 Å². The first-order chi connectivity index (χ1) is 17.3. The van der Waals surface area contributed by atoms with Gasteiger partial charge in [0.15, 0.2) is 0 Å². The Bertz CT molecular complexity index is 319. The zero-order chi connectivity index (χ0) is 27.7. The van der Waals surface area contributed by atoms with E-state index in [-0.39, 0.29) is 37.2 Å². The molecule has 0 saturated carbocycles. The van der Waals surface area contributed by atoms with E-state index in [4.69, 9.17) is 0 Å². The van der Waals surface area contributed by atoms with Crippen LogP contribution in [0.1, 0.15) is 136 Å². The van der Waals surface area contributed by atoms with Crippen molar-refractivity contribution in [2.75, 3.05) is 42.3 Å². The smallest absolute Gasteiger partial charge is 1.00 e. The van der Waals surface area contributed by atoms with Gasteiger partial charge in [0.25, 0.3) is 0 Å². The van der Waals surface area contributed by atoms with Gasteiger partial charge in [0.2, 0.25) is 0 Å². The molecule has 0 fully saturated rings. The van der Waals surface area contributed by atoms with Gasteiger partial charge in [-0.25, -0.2) is 0 Å². The molecule has 0 aliphatic rings. The fraction of sp³-hybridized carbons (Fsp3) is 1.00. The summed E-state index contributed by atoms with van der Waals surface area (Å²) in [6, 6.07) is 0. The van der Waals surface area contributed by atoms with Crippen LogP contribution in [0.5, 0.6) is 0 Å². The van der Waals surface area contributed by atoms with Crippen LogP contribution in [0.25, 0.3) is 0 Å². The summed E-state index contributed by atoms with van der Waals surface area (Å²) in [6.45, 7) is 6.79. The Morgan fingerprint density at radius 2 is 0.487 bits per heavy atom. The summed E-state index contributed by atoms with van der Waals surface area (Å²) in [5.41, 5.74) is 0. The van der Waals surface area contributed by atoms with Gasteiger partial charge in [0.1, 0.15) is 0 Å². The Hall–Kier alpha value is 0.945. The monoisotopic (exact) mass is 609 g/mol.